The van der Waals surface area contributed by atoms with Crippen LogP contribution in [0.4, 0.5) is 0 Å². The molecule has 0 amide bonds. The molecule has 11 rings (SSSR count). The van der Waals surface area contributed by atoms with Crippen molar-refractivity contribution in [3.05, 3.63) is 178 Å². The Kier molecular flexibility index (Phi) is 5.61. The van der Waals surface area contributed by atoms with E-state index < -0.39 is 0 Å². The number of furan rings is 2. The van der Waals surface area contributed by atoms with Crippen molar-refractivity contribution in [3.8, 4) is 22.3 Å². The Balaban J connectivity index is 1.25. The summed E-state index contributed by atoms with van der Waals surface area (Å²) in [6.07, 6.45) is 0. The summed E-state index contributed by atoms with van der Waals surface area (Å²) in [6.45, 7) is 0. The zero-order chi connectivity index (χ0) is 34.8. The van der Waals surface area contributed by atoms with Crippen molar-refractivity contribution in [2.75, 3.05) is 0 Å². The van der Waals surface area contributed by atoms with E-state index >= 15 is 0 Å². The van der Waals surface area contributed by atoms with Crippen LogP contribution in [0.3, 0.4) is 0 Å². The van der Waals surface area contributed by atoms with Gasteiger partial charge in [0.1, 0.15) is 22.3 Å². The minimum absolute atomic E-state index is 0.192. The maximum absolute atomic E-state index is 13.9. The molecule has 7 aromatic carbocycles. The summed E-state index contributed by atoms with van der Waals surface area (Å²) in [6, 6.07) is 40.0. The first-order chi connectivity index (χ1) is 25.5. The van der Waals surface area contributed by atoms with Gasteiger partial charge in [-0.1, -0.05) is 97.1 Å². The Labute approximate surface area is 294 Å². The molecule has 242 valence electrons. The lowest BCUT2D eigenvalue weighted by Gasteiger charge is -2.19. The minimum atomic E-state index is -0.215. The molecule has 6 nitrogen and oxygen atoms in total. The van der Waals surface area contributed by atoms with Gasteiger partial charge in [0.25, 0.3) is 0 Å². The van der Waals surface area contributed by atoms with E-state index in [9.17, 15) is 19.2 Å². The summed E-state index contributed by atoms with van der Waals surface area (Å²) >= 11 is 0. The predicted octanol–water partition coefficient (Wildman–Crippen LogP) is 10.4. The molecule has 2 aliphatic rings. The highest BCUT2D eigenvalue weighted by atomic mass is 16.3. The molecule has 0 spiro atoms. The summed E-state index contributed by atoms with van der Waals surface area (Å²) in [7, 11) is 0. The monoisotopic (exact) mass is 670 g/mol. The smallest absolute Gasteiger partial charge is 0.194 e. The summed E-state index contributed by atoms with van der Waals surface area (Å²) in [5.41, 5.74) is 8.15. The zero-order valence-corrected chi connectivity index (χ0v) is 27.2. The lowest BCUT2D eigenvalue weighted by atomic mass is 9.81. The number of benzene rings is 7. The first-order valence-corrected chi connectivity index (χ1v) is 16.9. The molecule has 0 N–H and O–H groups in total. The van der Waals surface area contributed by atoms with Crippen molar-refractivity contribution in [2.24, 2.45) is 0 Å². The fraction of sp³-hybridized carbons (Fsp3) is 0. The molecule has 0 fully saturated rings. The Bertz CT molecular complexity index is 2940. The van der Waals surface area contributed by atoms with Crippen molar-refractivity contribution < 1.29 is 28.0 Å². The van der Waals surface area contributed by atoms with E-state index in [1.807, 2.05) is 60.7 Å². The topological polar surface area (TPSA) is 94.6 Å². The number of hydrogen-bond donors (Lipinski definition) is 0. The van der Waals surface area contributed by atoms with Crippen LogP contribution in [0.15, 0.2) is 142 Å². The number of fused-ring (bicyclic) bond motifs is 10. The molecule has 52 heavy (non-hydrogen) atoms. The van der Waals surface area contributed by atoms with Crippen molar-refractivity contribution in [1.82, 2.24) is 0 Å². The Morgan fingerprint density at radius 2 is 0.654 bits per heavy atom. The van der Waals surface area contributed by atoms with Gasteiger partial charge in [0.2, 0.25) is 0 Å². The average Bonchev–Trinajstić information content (AvgIpc) is 3.77. The van der Waals surface area contributed by atoms with Gasteiger partial charge in [-0.3, -0.25) is 19.2 Å². The third-order valence-corrected chi connectivity index (χ3v) is 10.6. The second-order valence-corrected chi connectivity index (χ2v) is 13.3. The minimum Gasteiger partial charge on any atom is -0.455 e. The van der Waals surface area contributed by atoms with Gasteiger partial charge >= 0.3 is 0 Å². The van der Waals surface area contributed by atoms with Gasteiger partial charge in [0, 0.05) is 77.2 Å². The van der Waals surface area contributed by atoms with Crippen LogP contribution in [0.2, 0.25) is 0 Å². The van der Waals surface area contributed by atoms with E-state index in [0.29, 0.717) is 78.0 Å². The highest BCUT2D eigenvalue weighted by Crippen LogP contribution is 2.51. The molecule has 0 atom stereocenters. The van der Waals surface area contributed by atoms with E-state index in [0.717, 1.165) is 32.7 Å². The van der Waals surface area contributed by atoms with E-state index in [4.69, 9.17) is 8.83 Å². The van der Waals surface area contributed by atoms with Gasteiger partial charge in [-0.15, -0.1) is 0 Å². The number of carbonyl (C=O) groups excluding carboxylic acids is 4. The fourth-order valence-corrected chi connectivity index (χ4v) is 8.23. The van der Waals surface area contributed by atoms with Gasteiger partial charge in [-0.25, -0.2) is 0 Å². The van der Waals surface area contributed by atoms with E-state index in [-0.39, 0.29) is 23.1 Å². The molecule has 6 heteroatoms. The van der Waals surface area contributed by atoms with Gasteiger partial charge in [0.05, 0.1) is 0 Å². The Hall–Kier alpha value is -7.18. The van der Waals surface area contributed by atoms with Crippen molar-refractivity contribution in [2.45, 2.75) is 0 Å². The Morgan fingerprint density at radius 1 is 0.327 bits per heavy atom. The number of hydrogen-bond acceptors (Lipinski definition) is 6. The van der Waals surface area contributed by atoms with Crippen LogP contribution in [-0.4, -0.2) is 23.1 Å². The molecule has 0 radical (unpaired) electrons. The molecule has 0 bridgehead atoms. The highest BCUT2D eigenvalue weighted by molar-refractivity contribution is 6.33. The number of para-hydroxylation sites is 2. The first kappa shape index (κ1) is 28.6. The van der Waals surface area contributed by atoms with Crippen molar-refractivity contribution >= 4 is 67.0 Å². The van der Waals surface area contributed by atoms with E-state index in [1.165, 1.54) is 0 Å². The standard InChI is InChI=1S/C46H22O6/c47-41-25-9-1-3-11-27(25)43(49)33-21-23(17-19-29(33)41)37-39-31-13-5-7-15-35(31)52-46(39)38(40-32-14-6-8-16-36(32)51-45(37)40)24-18-20-30-34(22-24)44(50)28-12-4-2-10-26(28)42(30)48/h1-22H. The van der Waals surface area contributed by atoms with Crippen LogP contribution in [0, 0.1) is 0 Å². The fourth-order valence-electron chi connectivity index (χ4n) is 8.23. The zero-order valence-electron chi connectivity index (χ0n) is 27.2. The van der Waals surface area contributed by atoms with Crippen molar-refractivity contribution in [1.29, 1.82) is 0 Å². The second-order valence-electron chi connectivity index (χ2n) is 13.3. The third kappa shape index (κ3) is 3.67. The molecule has 0 saturated heterocycles. The van der Waals surface area contributed by atoms with Gasteiger partial charge in [-0.2, -0.15) is 0 Å². The number of rotatable bonds is 2. The molecule has 0 saturated carbocycles. The first-order valence-electron chi connectivity index (χ1n) is 16.9. The third-order valence-electron chi connectivity index (χ3n) is 10.6. The van der Waals surface area contributed by atoms with Crippen LogP contribution < -0.4 is 0 Å². The largest absolute Gasteiger partial charge is 0.455 e. The lowest BCUT2D eigenvalue weighted by molar-refractivity contribution is 0.0979. The highest BCUT2D eigenvalue weighted by Gasteiger charge is 2.33. The summed E-state index contributed by atoms with van der Waals surface area (Å²) in [4.78, 5) is 54.9. The molecule has 2 aromatic heterocycles. The van der Waals surface area contributed by atoms with Crippen LogP contribution >= 0.6 is 0 Å². The molecule has 9 aromatic rings. The SMILES string of the molecule is O=C1c2ccccc2C(=O)c2cc(-c3c4oc5ccccc5c4c(-c4ccc5c(c4)C(=O)c4ccccc4C5=O)c4oc5ccccc5c34)ccc21. The summed E-state index contributed by atoms with van der Waals surface area (Å²) < 4.78 is 13.5. The summed E-state index contributed by atoms with van der Waals surface area (Å²) in [5.74, 6) is -0.814. The molecular formula is C46H22O6. The number of carbonyl (C=O) groups is 4. The summed E-state index contributed by atoms with van der Waals surface area (Å²) in [5, 5.41) is 3.19. The van der Waals surface area contributed by atoms with Gasteiger partial charge in [0.15, 0.2) is 23.1 Å². The van der Waals surface area contributed by atoms with E-state index in [1.54, 1.807) is 72.8 Å². The molecule has 0 aliphatic heterocycles. The van der Waals surface area contributed by atoms with Crippen LogP contribution in [-0.2, 0) is 0 Å². The van der Waals surface area contributed by atoms with Crippen molar-refractivity contribution in [3.63, 3.8) is 0 Å². The van der Waals surface area contributed by atoms with Gasteiger partial charge in [-0.05, 0) is 47.5 Å². The second kappa shape index (κ2) is 10.2. The normalized spacial score (nSPS) is 13.5. The van der Waals surface area contributed by atoms with Gasteiger partial charge < -0.3 is 8.83 Å². The molecule has 2 heterocycles. The molecule has 2 aliphatic carbocycles. The lowest BCUT2D eigenvalue weighted by Crippen LogP contribution is -2.20. The molecular weight excluding hydrogens is 649 g/mol. The van der Waals surface area contributed by atoms with Crippen LogP contribution in [0.25, 0.3) is 66.1 Å². The molecule has 0 unspecified atom stereocenters. The number of ketones is 4. The average molecular weight is 671 g/mol. The predicted molar refractivity (Wildman–Crippen MR) is 198 cm³/mol. The maximum atomic E-state index is 13.9. The van der Waals surface area contributed by atoms with E-state index in [2.05, 4.69) is 0 Å². The van der Waals surface area contributed by atoms with Crippen LogP contribution in [0.1, 0.15) is 63.7 Å². The maximum Gasteiger partial charge on any atom is 0.194 e. The van der Waals surface area contributed by atoms with Crippen LogP contribution in [0.5, 0.6) is 0 Å². The Morgan fingerprint density at radius 3 is 1.06 bits per heavy atom. The quantitative estimate of drug-likeness (QED) is 0.182.